The highest BCUT2D eigenvalue weighted by molar-refractivity contribution is 6.16. The largest absolute Gasteiger partial charge is 0.366 e. The fourth-order valence-electron chi connectivity index (χ4n) is 3.82. The van der Waals surface area contributed by atoms with Gasteiger partial charge in [-0.2, -0.15) is 0 Å². The molecule has 0 aromatic heterocycles. The Labute approximate surface area is 160 Å². The van der Waals surface area contributed by atoms with E-state index in [2.05, 4.69) is 30.9 Å². The number of hydrogen-bond acceptors (Lipinski definition) is 3. The van der Waals surface area contributed by atoms with Crippen LogP contribution in [0, 0.1) is 0 Å². The molecule has 1 unspecified atom stereocenters. The zero-order valence-corrected chi connectivity index (χ0v) is 16.2. The van der Waals surface area contributed by atoms with E-state index in [0.717, 1.165) is 37.3 Å². The van der Waals surface area contributed by atoms with Gasteiger partial charge in [-0.25, -0.2) is 0 Å². The van der Waals surface area contributed by atoms with Crippen molar-refractivity contribution in [3.8, 4) is 0 Å². The molecule has 2 aromatic rings. The van der Waals surface area contributed by atoms with E-state index >= 15 is 0 Å². The van der Waals surface area contributed by atoms with Gasteiger partial charge in [-0.1, -0.05) is 38.1 Å². The number of amides is 2. The summed E-state index contributed by atoms with van der Waals surface area (Å²) < 4.78 is 0. The number of benzene rings is 2. The number of anilines is 1. The van der Waals surface area contributed by atoms with Crippen LogP contribution in [0.25, 0.3) is 0 Å². The average molecular weight is 365 g/mol. The lowest BCUT2D eigenvalue weighted by Gasteiger charge is -2.23. The Bertz CT molecular complexity index is 845. The van der Waals surface area contributed by atoms with Gasteiger partial charge in [0.1, 0.15) is 0 Å². The molecule has 0 radical (unpaired) electrons. The minimum absolute atomic E-state index is 0.134. The van der Waals surface area contributed by atoms with Gasteiger partial charge in [0.05, 0.1) is 17.2 Å². The zero-order valence-electron chi connectivity index (χ0n) is 16.2. The van der Waals surface area contributed by atoms with E-state index in [-0.39, 0.29) is 11.9 Å². The van der Waals surface area contributed by atoms with Crippen molar-refractivity contribution in [3.63, 3.8) is 0 Å². The van der Waals surface area contributed by atoms with Crippen LogP contribution < -0.4 is 10.6 Å². The third kappa shape index (κ3) is 3.60. The summed E-state index contributed by atoms with van der Waals surface area (Å²) in [6.07, 6.45) is 1.13. The number of nitrogens with two attached hydrogens (primary N) is 1. The van der Waals surface area contributed by atoms with E-state index in [4.69, 9.17) is 5.73 Å². The van der Waals surface area contributed by atoms with Crippen LogP contribution in [0.5, 0.6) is 0 Å². The Kier molecular flexibility index (Phi) is 5.61. The van der Waals surface area contributed by atoms with Gasteiger partial charge in [0, 0.05) is 12.2 Å². The monoisotopic (exact) mass is 365 g/mol. The molecule has 0 saturated heterocycles. The molecule has 5 heteroatoms. The smallest absolute Gasteiger partial charge is 0.260 e. The summed E-state index contributed by atoms with van der Waals surface area (Å²) in [6.45, 7) is 9.32. The Morgan fingerprint density at radius 3 is 2.44 bits per heavy atom. The van der Waals surface area contributed by atoms with E-state index in [0.29, 0.717) is 11.1 Å². The standard InChI is InChI=1S/C22H27N3O2/c1-4-13-24(5-2)14-16-9-11-17(12-10-16)25-15(3)18-7-6-8-19(21(23)26)20(18)22(25)27/h6-12,15H,4-5,13-14H2,1-3H3,(H2,23,26). The first-order valence-corrected chi connectivity index (χ1v) is 9.55. The van der Waals surface area contributed by atoms with Crippen LogP contribution in [-0.4, -0.2) is 29.8 Å². The highest BCUT2D eigenvalue weighted by atomic mass is 16.2. The molecule has 0 fully saturated rings. The van der Waals surface area contributed by atoms with Gasteiger partial charge < -0.3 is 10.6 Å². The lowest BCUT2D eigenvalue weighted by Crippen LogP contribution is -2.27. The molecule has 1 heterocycles. The first-order valence-electron chi connectivity index (χ1n) is 9.55. The van der Waals surface area contributed by atoms with E-state index in [9.17, 15) is 9.59 Å². The predicted octanol–water partition coefficient (Wildman–Crippen LogP) is 3.74. The van der Waals surface area contributed by atoms with Gasteiger partial charge in [0.25, 0.3) is 5.91 Å². The van der Waals surface area contributed by atoms with E-state index < -0.39 is 5.91 Å². The SMILES string of the molecule is CCCN(CC)Cc1ccc(N2C(=O)c3c(C(N)=O)cccc3C2C)cc1. The van der Waals surface area contributed by atoms with Crippen molar-refractivity contribution in [1.29, 1.82) is 0 Å². The van der Waals surface area contributed by atoms with Gasteiger partial charge in [0.2, 0.25) is 5.91 Å². The topological polar surface area (TPSA) is 66.6 Å². The van der Waals surface area contributed by atoms with Crippen LogP contribution in [0.2, 0.25) is 0 Å². The molecule has 1 aliphatic heterocycles. The van der Waals surface area contributed by atoms with Crippen LogP contribution in [-0.2, 0) is 6.54 Å². The van der Waals surface area contributed by atoms with Gasteiger partial charge in [-0.05, 0) is 55.8 Å². The van der Waals surface area contributed by atoms with Crippen LogP contribution in [0.4, 0.5) is 5.69 Å². The molecule has 1 atom stereocenters. The van der Waals surface area contributed by atoms with Crippen LogP contribution >= 0.6 is 0 Å². The van der Waals surface area contributed by atoms with Crippen molar-refractivity contribution in [3.05, 3.63) is 64.7 Å². The molecule has 2 amide bonds. The summed E-state index contributed by atoms with van der Waals surface area (Å²) >= 11 is 0. The molecule has 5 nitrogen and oxygen atoms in total. The first kappa shape index (κ1) is 19.1. The Morgan fingerprint density at radius 2 is 1.85 bits per heavy atom. The van der Waals surface area contributed by atoms with Crippen molar-refractivity contribution in [2.45, 2.75) is 39.8 Å². The van der Waals surface area contributed by atoms with Crippen molar-refractivity contribution >= 4 is 17.5 Å². The number of nitrogens with zero attached hydrogens (tertiary/aromatic N) is 2. The maximum atomic E-state index is 13.0. The molecule has 142 valence electrons. The number of primary amides is 1. The second-order valence-electron chi connectivity index (χ2n) is 7.02. The number of hydrogen-bond donors (Lipinski definition) is 1. The minimum Gasteiger partial charge on any atom is -0.366 e. The van der Waals surface area contributed by atoms with Crippen LogP contribution in [0.15, 0.2) is 42.5 Å². The summed E-state index contributed by atoms with van der Waals surface area (Å²) in [4.78, 5) is 28.9. The average Bonchev–Trinajstić information content (AvgIpc) is 2.93. The van der Waals surface area contributed by atoms with Crippen molar-refractivity contribution < 1.29 is 9.59 Å². The summed E-state index contributed by atoms with van der Waals surface area (Å²) in [5.41, 5.74) is 9.10. The zero-order chi connectivity index (χ0) is 19.6. The molecule has 3 rings (SSSR count). The summed E-state index contributed by atoms with van der Waals surface area (Å²) in [7, 11) is 0. The summed E-state index contributed by atoms with van der Waals surface area (Å²) in [6, 6.07) is 13.3. The molecule has 27 heavy (non-hydrogen) atoms. The quantitative estimate of drug-likeness (QED) is 0.813. The van der Waals surface area contributed by atoms with Gasteiger partial charge in [-0.3, -0.25) is 14.5 Å². The van der Waals surface area contributed by atoms with Gasteiger partial charge in [0.15, 0.2) is 0 Å². The Balaban J connectivity index is 1.86. The maximum Gasteiger partial charge on any atom is 0.260 e. The summed E-state index contributed by atoms with van der Waals surface area (Å²) in [5.74, 6) is -0.735. The Hall–Kier alpha value is -2.66. The van der Waals surface area contributed by atoms with E-state index in [1.165, 1.54) is 5.56 Å². The normalized spacial score (nSPS) is 16.1. The second kappa shape index (κ2) is 7.92. The Morgan fingerprint density at radius 1 is 1.15 bits per heavy atom. The van der Waals surface area contributed by atoms with E-state index in [1.54, 1.807) is 17.0 Å². The second-order valence-corrected chi connectivity index (χ2v) is 7.02. The molecule has 0 bridgehead atoms. The van der Waals surface area contributed by atoms with Crippen molar-refractivity contribution in [1.82, 2.24) is 4.90 Å². The lowest BCUT2D eigenvalue weighted by molar-refractivity contribution is 0.0965. The van der Waals surface area contributed by atoms with Crippen molar-refractivity contribution in [2.24, 2.45) is 5.73 Å². The first-order chi connectivity index (χ1) is 13.0. The molecule has 0 spiro atoms. The fraction of sp³-hybridized carbons (Fsp3) is 0.364. The molecule has 0 aliphatic carbocycles. The van der Waals surface area contributed by atoms with E-state index in [1.807, 2.05) is 25.1 Å². The molecule has 2 N–H and O–H groups in total. The molecule has 0 saturated carbocycles. The third-order valence-electron chi connectivity index (χ3n) is 5.24. The van der Waals surface area contributed by atoms with Crippen LogP contribution in [0.3, 0.4) is 0 Å². The lowest BCUT2D eigenvalue weighted by atomic mass is 10.00. The molecular weight excluding hydrogens is 338 g/mol. The number of carbonyl (C=O) groups excluding carboxylic acids is 2. The third-order valence-corrected chi connectivity index (χ3v) is 5.24. The summed E-state index contributed by atoms with van der Waals surface area (Å²) in [5, 5.41) is 0. The number of rotatable bonds is 7. The predicted molar refractivity (Wildman–Crippen MR) is 108 cm³/mol. The van der Waals surface area contributed by atoms with Gasteiger partial charge in [-0.15, -0.1) is 0 Å². The van der Waals surface area contributed by atoms with Gasteiger partial charge >= 0.3 is 0 Å². The molecular formula is C22H27N3O2. The van der Waals surface area contributed by atoms with Crippen LogP contribution in [0.1, 0.15) is 65.1 Å². The molecule has 1 aliphatic rings. The highest BCUT2D eigenvalue weighted by Gasteiger charge is 2.37. The fourth-order valence-corrected chi connectivity index (χ4v) is 3.82. The number of carbonyl (C=O) groups is 2. The molecule has 2 aromatic carbocycles. The minimum atomic E-state index is -0.569. The van der Waals surface area contributed by atoms with Crippen molar-refractivity contribution in [2.75, 3.05) is 18.0 Å². The highest BCUT2D eigenvalue weighted by Crippen LogP contribution is 2.38. The maximum absolute atomic E-state index is 13.0. The number of fused-ring (bicyclic) bond motifs is 1.